The Morgan fingerprint density at radius 2 is 1.50 bits per heavy atom. The van der Waals surface area contributed by atoms with Crippen LogP contribution in [0.3, 0.4) is 0 Å². The molecular formula is C16H28N4. The molecule has 0 saturated carbocycles. The normalized spacial score (nSPS) is 12.2. The number of nitrogens with zero attached hydrogens (tertiary/aromatic N) is 4. The van der Waals surface area contributed by atoms with Crippen molar-refractivity contribution in [1.82, 2.24) is 14.7 Å². The van der Waals surface area contributed by atoms with Crippen molar-refractivity contribution in [3.63, 3.8) is 0 Å². The molecule has 0 unspecified atom stereocenters. The molecule has 1 atom stereocenters. The lowest BCUT2D eigenvalue weighted by atomic mass is 10.1. The molecule has 0 N–H and O–H groups in total. The molecule has 0 bridgehead atoms. The molecule has 0 aliphatic carbocycles. The summed E-state index contributed by atoms with van der Waals surface area (Å²) in [7, 11) is 12.4. The van der Waals surface area contributed by atoms with Crippen LogP contribution in [0.15, 0.2) is 35.3 Å². The van der Waals surface area contributed by atoms with E-state index in [4.69, 9.17) is 4.99 Å². The van der Waals surface area contributed by atoms with E-state index in [1.807, 2.05) is 28.2 Å². The zero-order valence-electron chi connectivity index (χ0n) is 13.7. The van der Waals surface area contributed by atoms with E-state index in [9.17, 15) is 0 Å². The minimum Gasteiger partial charge on any atom is -0.349 e. The van der Waals surface area contributed by atoms with E-state index >= 15 is 0 Å². The van der Waals surface area contributed by atoms with Crippen LogP contribution in [0.25, 0.3) is 0 Å². The van der Waals surface area contributed by atoms with Gasteiger partial charge in [-0.2, -0.15) is 0 Å². The lowest BCUT2D eigenvalue weighted by Gasteiger charge is -2.26. The average molecular weight is 276 g/mol. The molecule has 1 aromatic rings. The number of rotatable bonds is 5. The highest BCUT2D eigenvalue weighted by Gasteiger charge is 2.13. The van der Waals surface area contributed by atoms with Gasteiger partial charge in [-0.15, -0.1) is 0 Å². The van der Waals surface area contributed by atoms with Crippen LogP contribution in [0.4, 0.5) is 0 Å². The highest BCUT2D eigenvalue weighted by molar-refractivity contribution is 5.79. The molecule has 112 valence electrons. The van der Waals surface area contributed by atoms with Gasteiger partial charge in [0.1, 0.15) is 0 Å². The standard InChI is InChI=1S/C16H28N4/c1-18(2)15(12-14-10-8-7-9-11-14)13-17-16(19(3)4)20(5)6/h7-11,15H,12-13H2,1-6H3/t15-/m0/s1. The van der Waals surface area contributed by atoms with Gasteiger partial charge in [-0.05, 0) is 26.1 Å². The SMILES string of the molecule is CN(C)C(=NC[C@H](Cc1ccccc1)N(C)C)N(C)C. The van der Waals surface area contributed by atoms with Crippen molar-refractivity contribution < 1.29 is 0 Å². The Bertz CT molecular complexity index is 400. The van der Waals surface area contributed by atoms with Gasteiger partial charge < -0.3 is 14.7 Å². The van der Waals surface area contributed by atoms with E-state index < -0.39 is 0 Å². The van der Waals surface area contributed by atoms with Gasteiger partial charge in [-0.25, -0.2) is 0 Å². The van der Waals surface area contributed by atoms with Crippen LogP contribution in [-0.2, 0) is 6.42 Å². The van der Waals surface area contributed by atoms with Crippen LogP contribution in [0.5, 0.6) is 0 Å². The summed E-state index contributed by atoms with van der Waals surface area (Å²) in [6.45, 7) is 0.799. The van der Waals surface area contributed by atoms with Gasteiger partial charge in [-0.3, -0.25) is 4.99 Å². The molecule has 0 heterocycles. The molecule has 4 heteroatoms. The van der Waals surface area contributed by atoms with Gasteiger partial charge in [0.2, 0.25) is 0 Å². The van der Waals surface area contributed by atoms with Crippen molar-refractivity contribution in [1.29, 1.82) is 0 Å². The fraction of sp³-hybridized carbons (Fsp3) is 0.562. The third-order valence-corrected chi connectivity index (χ3v) is 3.29. The molecule has 0 spiro atoms. The first kappa shape index (κ1) is 16.5. The van der Waals surface area contributed by atoms with E-state index in [1.165, 1.54) is 5.56 Å². The zero-order chi connectivity index (χ0) is 15.1. The summed E-state index contributed by atoms with van der Waals surface area (Å²) in [6, 6.07) is 11.0. The second kappa shape index (κ2) is 7.90. The van der Waals surface area contributed by atoms with Gasteiger partial charge in [-0.1, -0.05) is 30.3 Å². The second-order valence-electron chi connectivity index (χ2n) is 5.74. The molecule has 1 aromatic carbocycles. The molecule has 20 heavy (non-hydrogen) atoms. The minimum absolute atomic E-state index is 0.410. The molecule has 0 aromatic heterocycles. The molecular weight excluding hydrogens is 248 g/mol. The fourth-order valence-electron chi connectivity index (χ4n) is 2.17. The van der Waals surface area contributed by atoms with Gasteiger partial charge in [0.15, 0.2) is 5.96 Å². The molecule has 0 aliphatic heterocycles. The van der Waals surface area contributed by atoms with E-state index in [0.717, 1.165) is 18.9 Å². The van der Waals surface area contributed by atoms with Gasteiger partial charge >= 0.3 is 0 Å². The van der Waals surface area contributed by atoms with E-state index in [2.05, 4.69) is 59.1 Å². The third kappa shape index (κ3) is 5.21. The number of hydrogen-bond donors (Lipinski definition) is 0. The highest BCUT2D eigenvalue weighted by Crippen LogP contribution is 2.07. The van der Waals surface area contributed by atoms with Crippen molar-refractivity contribution in [2.75, 3.05) is 48.8 Å². The topological polar surface area (TPSA) is 22.1 Å². The predicted octanol–water partition coefficient (Wildman–Crippen LogP) is 1.64. The lowest BCUT2D eigenvalue weighted by Crippen LogP contribution is -2.38. The smallest absolute Gasteiger partial charge is 0.195 e. The Kier molecular flexibility index (Phi) is 6.52. The van der Waals surface area contributed by atoms with Crippen LogP contribution in [-0.4, -0.2) is 75.5 Å². The highest BCUT2D eigenvalue weighted by atomic mass is 15.3. The number of guanidine groups is 1. The third-order valence-electron chi connectivity index (χ3n) is 3.29. The molecule has 0 aliphatic rings. The van der Waals surface area contributed by atoms with Crippen molar-refractivity contribution in [3.8, 4) is 0 Å². The van der Waals surface area contributed by atoms with Crippen molar-refractivity contribution in [3.05, 3.63) is 35.9 Å². The number of aliphatic imine (C=N–C) groups is 1. The van der Waals surface area contributed by atoms with Crippen molar-refractivity contribution in [2.24, 2.45) is 4.99 Å². The van der Waals surface area contributed by atoms with E-state index in [-0.39, 0.29) is 0 Å². The Hall–Kier alpha value is -1.55. The predicted molar refractivity (Wildman–Crippen MR) is 87.3 cm³/mol. The second-order valence-corrected chi connectivity index (χ2v) is 5.74. The number of hydrogen-bond acceptors (Lipinski definition) is 2. The zero-order valence-corrected chi connectivity index (χ0v) is 13.7. The lowest BCUT2D eigenvalue weighted by molar-refractivity contribution is 0.296. The molecule has 0 amide bonds. The van der Waals surface area contributed by atoms with Gasteiger partial charge in [0.05, 0.1) is 6.54 Å². The Balaban J connectivity index is 2.75. The first-order chi connectivity index (χ1) is 9.41. The van der Waals surface area contributed by atoms with Crippen LogP contribution in [0.2, 0.25) is 0 Å². The molecule has 0 radical (unpaired) electrons. The molecule has 0 fully saturated rings. The summed E-state index contributed by atoms with van der Waals surface area (Å²) in [5, 5.41) is 0. The van der Waals surface area contributed by atoms with E-state index in [1.54, 1.807) is 0 Å². The van der Waals surface area contributed by atoms with Gasteiger partial charge in [0.25, 0.3) is 0 Å². The van der Waals surface area contributed by atoms with Crippen LogP contribution in [0, 0.1) is 0 Å². The first-order valence-corrected chi connectivity index (χ1v) is 7.01. The summed E-state index contributed by atoms with van der Waals surface area (Å²) in [5.41, 5.74) is 1.36. The molecule has 0 saturated heterocycles. The first-order valence-electron chi connectivity index (χ1n) is 7.01. The summed E-state index contributed by atoms with van der Waals surface area (Å²) < 4.78 is 0. The number of likely N-dealkylation sites (N-methyl/N-ethyl adjacent to an activating group) is 1. The number of benzene rings is 1. The maximum atomic E-state index is 4.77. The van der Waals surface area contributed by atoms with Gasteiger partial charge in [0, 0.05) is 34.2 Å². The quantitative estimate of drug-likeness (QED) is 0.603. The monoisotopic (exact) mass is 276 g/mol. The Morgan fingerprint density at radius 3 is 1.95 bits per heavy atom. The van der Waals surface area contributed by atoms with Crippen LogP contribution < -0.4 is 0 Å². The summed E-state index contributed by atoms with van der Waals surface area (Å²) in [5.74, 6) is 1.00. The average Bonchev–Trinajstić information content (AvgIpc) is 2.37. The summed E-state index contributed by atoms with van der Waals surface area (Å²) in [6.07, 6.45) is 1.02. The van der Waals surface area contributed by atoms with Crippen molar-refractivity contribution >= 4 is 5.96 Å². The summed E-state index contributed by atoms with van der Waals surface area (Å²) in [4.78, 5) is 11.1. The Morgan fingerprint density at radius 1 is 0.950 bits per heavy atom. The largest absolute Gasteiger partial charge is 0.349 e. The van der Waals surface area contributed by atoms with E-state index in [0.29, 0.717) is 6.04 Å². The minimum atomic E-state index is 0.410. The van der Waals surface area contributed by atoms with Crippen LogP contribution in [0.1, 0.15) is 5.56 Å². The molecule has 4 nitrogen and oxygen atoms in total. The summed E-state index contributed by atoms with van der Waals surface area (Å²) >= 11 is 0. The van der Waals surface area contributed by atoms with Crippen molar-refractivity contribution in [2.45, 2.75) is 12.5 Å². The molecule has 1 rings (SSSR count). The fourth-order valence-corrected chi connectivity index (χ4v) is 2.17. The Labute approximate surface area is 123 Å². The maximum Gasteiger partial charge on any atom is 0.195 e. The van der Waals surface area contributed by atoms with Crippen LogP contribution >= 0.6 is 0 Å². The maximum absolute atomic E-state index is 4.77.